The molecule has 3 rings (SSSR count). The molecule has 1 aliphatic rings. The zero-order chi connectivity index (χ0) is 16.2. The molecule has 0 saturated carbocycles. The largest absolute Gasteiger partial charge is 0.462 e. The first kappa shape index (κ1) is 15.6. The number of hydrogen-bond donors (Lipinski definition) is 1. The molecule has 4 nitrogen and oxygen atoms in total. The summed E-state index contributed by atoms with van der Waals surface area (Å²) in [4.78, 5) is 13.3. The number of furan rings is 1. The van der Waals surface area contributed by atoms with E-state index in [-0.39, 0.29) is 5.91 Å². The Morgan fingerprint density at radius 3 is 2.91 bits per heavy atom. The maximum atomic E-state index is 12.1. The van der Waals surface area contributed by atoms with Crippen molar-refractivity contribution in [3.05, 3.63) is 45.7 Å². The van der Waals surface area contributed by atoms with Gasteiger partial charge in [0.1, 0.15) is 22.6 Å². The lowest BCUT2D eigenvalue weighted by molar-refractivity contribution is -0.111. The Morgan fingerprint density at radius 2 is 2.17 bits per heavy atom. The molecule has 2 aromatic heterocycles. The number of hydrogen-bond acceptors (Lipinski definition) is 4. The summed E-state index contributed by atoms with van der Waals surface area (Å²) in [5.74, 6) is 1.20. The minimum atomic E-state index is -0.244. The SMILES string of the molecule is Cc1ccc(/C=C/C(=O)Nc2sc3c(c2C#N)CCCCC3)o1. The van der Waals surface area contributed by atoms with E-state index in [4.69, 9.17) is 4.42 Å². The van der Waals surface area contributed by atoms with E-state index in [0.29, 0.717) is 16.3 Å². The molecule has 1 N–H and O–H groups in total. The van der Waals surface area contributed by atoms with Crippen LogP contribution in [0.1, 0.15) is 46.8 Å². The highest BCUT2D eigenvalue weighted by molar-refractivity contribution is 7.16. The quantitative estimate of drug-likeness (QED) is 0.669. The lowest BCUT2D eigenvalue weighted by Crippen LogP contribution is -2.07. The predicted molar refractivity (Wildman–Crippen MR) is 91.4 cm³/mol. The topological polar surface area (TPSA) is 66.0 Å². The van der Waals surface area contributed by atoms with Gasteiger partial charge in [-0.05, 0) is 56.4 Å². The van der Waals surface area contributed by atoms with Gasteiger partial charge in [0, 0.05) is 11.0 Å². The molecular formula is C18H18N2O2S. The molecule has 0 saturated heterocycles. The average Bonchev–Trinajstić information content (AvgIpc) is 3.01. The molecule has 0 aromatic carbocycles. The van der Waals surface area contributed by atoms with E-state index in [0.717, 1.165) is 37.0 Å². The maximum absolute atomic E-state index is 12.1. The van der Waals surface area contributed by atoms with Gasteiger partial charge in [0.25, 0.3) is 0 Å². The van der Waals surface area contributed by atoms with Crippen molar-refractivity contribution in [3.8, 4) is 6.07 Å². The van der Waals surface area contributed by atoms with Crippen LogP contribution in [0.4, 0.5) is 5.00 Å². The van der Waals surface area contributed by atoms with Gasteiger partial charge in [-0.1, -0.05) is 6.42 Å². The number of nitrogens with one attached hydrogen (secondary N) is 1. The average molecular weight is 326 g/mol. The van der Waals surface area contributed by atoms with Crippen LogP contribution in [-0.2, 0) is 17.6 Å². The number of thiophene rings is 1. The molecule has 118 valence electrons. The van der Waals surface area contributed by atoms with Crippen molar-refractivity contribution < 1.29 is 9.21 Å². The molecule has 2 heterocycles. The zero-order valence-electron chi connectivity index (χ0n) is 13.0. The van der Waals surface area contributed by atoms with Crippen molar-refractivity contribution in [2.75, 3.05) is 5.32 Å². The Kier molecular flexibility index (Phi) is 4.63. The number of anilines is 1. The van der Waals surface area contributed by atoms with Gasteiger partial charge in [-0.25, -0.2) is 0 Å². The molecule has 0 atom stereocenters. The second kappa shape index (κ2) is 6.84. The van der Waals surface area contributed by atoms with Crippen LogP contribution in [0.2, 0.25) is 0 Å². The fraction of sp³-hybridized carbons (Fsp3) is 0.333. The molecule has 23 heavy (non-hydrogen) atoms. The van der Waals surface area contributed by atoms with Crippen LogP contribution in [-0.4, -0.2) is 5.91 Å². The third-order valence-corrected chi connectivity index (χ3v) is 5.14. The van der Waals surface area contributed by atoms with Crippen molar-refractivity contribution in [1.82, 2.24) is 0 Å². The molecule has 1 amide bonds. The number of rotatable bonds is 3. The first-order chi connectivity index (χ1) is 11.2. The monoisotopic (exact) mass is 326 g/mol. The van der Waals surface area contributed by atoms with Crippen LogP contribution in [0.3, 0.4) is 0 Å². The summed E-state index contributed by atoms with van der Waals surface area (Å²) in [5.41, 5.74) is 1.78. The van der Waals surface area contributed by atoms with E-state index in [9.17, 15) is 10.1 Å². The first-order valence-electron chi connectivity index (χ1n) is 7.77. The van der Waals surface area contributed by atoms with Gasteiger partial charge in [-0.3, -0.25) is 4.79 Å². The number of carbonyl (C=O) groups excluding carboxylic acids is 1. The highest BCUT2D eigenvalue weighted by Gasteiger charge is 2.20. The van der Waals surface area contributed by atoms with Gasteiger partial charge in [-0.2, -0.15) is 5.26 Å². The number of nitriles is 1. The second-order valence-electron chi connectivity index (χ2n) is 5.65. The number of carbonyl (C=O) groups is 1. The number of nitrogens with zero attached hydrogens (tertiary/aromatic N) is 1. The predicted octanol–water partition coefficient (Wildman–Crippen LogP) is 4.44. The van der Waals surface area contributed by atoms with E-state index < -0.39 is 0 Å². The molecule has 0 fully saturated rings. The Morgan fingerprint density at radius 1 is 1.35 bits per heavy atom. The summed E-state index contributed by atoms with van der Waals surface area (Å²) < 4.78 is 5.39. The number of fused-ring (bicyclic) bond motifs is 1. The van der Waals surface area contributed by atoms with Crippen LogP contribution in [0, 0.1) is 18.3 Å². The van der Waals surface area contributed by atoms with E-state index >= 15 is 0 Å². The van der Waals surface area contributed by atoms with Crippen LogP contribution in [0.15, 0.2) is 22.6 Å². The number of aryl methyl sites for hydroxylation is 2. The summed E-state index contributed by atoms with van der Waals surface area (Å²) in [6.07, 6.45) is 8.49. The molecule has 0 bridgehead atoms. The van der Waals surface area contributed by atoms with E-state index in [2.05, 4.69) is 11.4 Å². The zero-order valence-corrected chi connectivity index (χ0v) is 13.8. The first-order valence-corrected chi connectivity index (χ1v) is 8.59. The van der Waals surface area contributed by atoms with Crippen molar-refractivity contribution >= 4 is 28.3 Å². The molecule has 1 aliphatic carbocycles. The van der Waals surface area contributed by atoms with E-state index in [1.165, 1.54) is 17.4 Å². The summed E-state index contributed by atoms with van der Waals surface area (Å²) >= 11 is 1.54. The summed E-state index contributed by atoms with van der Waals surface area (Å²) in [6.45, 7) is 1.86. The van der Waals surface area contributed by atoms with E-state index in [1.54, 1.807) is 17.4 Å². The standard InChI is InChI=1S/C18H18N2O2S/c1-12-7-8-13(22-12)9-10-17(21)20-18-15(11-19)14-5-3-2-4-6-16(14)23-18/h7-10H,2-6H2,1H3,(H,20,21)/b10-9+. The fourth-order valence-electron chi connectivity index (χ4n) is 2.80. The van der Waals surface area contributed by atoms with Crippen molar-refractivity contribution in [1.29, 1.82) is 5.26 Å². The Bertz CT molecular complexity index is 793. The molecule has 0 radical (unpaired) electrons. The Balaban J connectivity index is 1.76. The summed E-state index contributed by atoms with van der Waals surface area (Å²) in [7, 11) is 0. The minimum absolute atomic E-state index is 0.244. The highest BCUT2D eigenvalue weighted by Crippen LogP contribution is 2.36. The molecule has 5 heteroatoms. The van der Waals surface area contributed by atoms with Gasteiger partial charge < -0.3 is 9.73 Å². The third-order valence-electron chi connectivity index (χ3n) is 3.93. The second-order valence-corrected chi connectivity index (χ2v) is 6.76. The Labute approximate surface area is 139 Å². The summed E-state index contributed by atoms with van der Waals surface area (Å²) in [5, 5.41) is 13.0. The lowest BCUT2D eigenvalue weighted by Gasteiger charge is -2.00. The van der Waals surface area contributed by atoms with Gasteiger partial charge >= 0.3 is 0 Å². The molecule has 2 aromatic rings. The molecular weight excluding hydrogens is 308 g/mol. The molecule has 0 spiro atoms. The van der Waals surface area contributed by atoms with Gasteiger partial charge in [0.2, 0.25) is 5.91 Å². The lowest BCUT2D eigenvalue weighted by atomic mass is 10.1. The highest BCUT2D eigenvalue weighted by atomic mass is 32.1. The third kappa shape index (κ3) is 3.54. The molecule has 0 aliphatic heterocycles. The number of amides is 1. The normalized spacial score (nSPS) is 14.3. The van der Waals surface area contributed by atoms with Crippen LogP contribution >= 0.6 is 11.3 Å². The van der Waals surface area contributed by atoms with Crippen molar-refractivity contribution in [3.63, 3.8) is 0 Å². The van der Waals surface area contributed by atoms with Gasteiger partial charge in [0.15, 0.2) is 0 Å². The van der Waals surface area contributed by atoms with Crippen molar-refractivity contribution in [2.45, 2.75) is 39.0 Å². The Hall–Kier alpha value is -2.32. The summed E-state index contributed by atoms with van der Waals surface area (Å²) in [6, 6.07) is 5.93. The minimum Gasteiger partial charge on any atom is -0.462 e. The van der Waals surface area contributed by atoms with Crippen molar-refractivity contribution in [2.24, 2.45) is 0 Å². The fourth-order valence-corrected chi connectivity index (χ4v) is 4.05. The van der Waals surface area contributed by atoms with Gasteiger partial charge in [0.05, 0.1) is 5.56 Å². The smallest absolute Gasteiger partial charge is 0.249 e. The molecule has 0 unspecified atom stereocenters. The van der Waals surface area contributed by atoms with Crippen LogP contribution in [0.5, 0.6) is 0 Å². The van der Waals surface area contributed by atoms with Crippen LogP contribution < -0.4 is 5.32 Å². The van der Waals surface area contributed by atoms with E-state index in [1.807, 2.05) is 19.1 Å². The maximum Gasteiger partial charge on any atom is 0.249 e. The van der Waals surface area contributed by atoms with Gasteiger partial charge in [-0.15, -0.1) is 11.3 Å². The van der Waals surface area contributed by atoms with Crippen LogP contribution in [0.25, 0.3) is 6.08 Å².